The van der Waals surface area contributed by atoms with Crippen LogP contribution in [0.2, 0.25) is 0 Å². The van der Waals surface area contributed by atoms with Gasteiger partial charge in [-0.3, -0.25) is 0 Å². The van der Waals surface area contributed by atoms with Crippen molar-refractivity contribution in [2.24, 2.45) is 0 Å². The van der Waals surface area contributed by atoms with Gasteiger partial charge in [0.05, 0.1) is 0 Å². The molecule has 98 valence electrons. The predicted molar refractivity (Wildman–Crippen MR) is 77.3 cm³/mol. The van der Waals surface area contributed by atoms with Crippen LogP contribution in [-0.2, 0) is 11.2 Å². The Morgan fingerprint density at radius 2 is 1.89 bits per heavy atom. The van der Waals surface area contributed by atoms with E-state index in [4.69, 9.17) is 5.11 Å². The topological polar surface area (TPSA) is 37.3 Å². The fourth-order valence-corrected chi connectivity index (χ4v) is 1.87. The van der Waals surface area contributed by atoms with Crippen LogP contribution < -0.4 is 0 Å². The van der Waals surface area contributed by atoms with Crippen molar-refractivity contribution in [1.82, 2.24) is 0 Å². The SMILES string of the molecule is C/C(=C\CCCCCc1ccc(S)cc1)C(=O)O. The van der Waals surface area contributed by atoms with Gasteiger partial charge in [0.25, 0.3) is 0 Å². The van der Waals surface area contributed by atoms with Gasteiger partial charge in [-0.05, 0) is 50.3 Å². The van der Waals surface area contributed by atoms with Crippen molar-refractivity contribution in [3.05, 3.63) is 41.5 Å². The van der Waals surface area contributed by atoms with Gasteiger partial charge in [-0.15, -0.1) is 12.6 Å². The van der Waals surface area contributed by atoms with Crippen LogP contribution >= 0.6 is 12.6 Å². The van der Waals surface area contributed by atoms with E-state index in [9.17, 15) is 4.79 Å². The molecule has 1 aromatic rings. The van der Waals surface area contributed by atoms with Gasteiger partial charge in [0, 0.05) is 10.5 Å². The van der Waals surface area contributed by atoms with E-state index in [1.165, 1.54) is 5.56 Å². The molecule has 3 heteroatoms. The number of thiol groups is 1. The summed E-state index contributed by atoms with van der Waals surface area (Å²) in [6, 6.07) is 8.24. The van der Waals surface area contributed by atoms with Crippen LogP contribution in [0, 0.1) is 0 Å². The van der Waals surface area contributed by atoms with Crippen molar-refractivity contribution in [3.8, 4) is 0 Å². The molecular formula is C15H20O2S. The van der Waals surface area contributed by atoms with Gasteiger partial charge in [-0.1, -0.05) is 24.6 Å². The molecule has 0 aliphatic rings. The molecule has 0 aliphatic carbocycles. The zero-order valence-electron chi connectivity index (χ0n) is 10.7. The summed E-state index contributed by atoms with van der Waals surface area (Å²) in [5.74, 6) is -0.818. The summed E-state index contributed by atoms with van der Waals surface area (Å²) in [5, 5.41) is 8.68. The molecule has 18 heavy (non-hydrogen) atoms. The molecule has 1 aromatic carbocycles. The maximum absolute atomic E-state index is 10.6. The molecule has 0 amide bonds. The van der Waals surface area contributed by atoms with Crippen LogP contribution in [0.3, 0.4) is 0 Å². The lowest BCUT2D eigenvalue weighted by molar-refractivity contribution is -0.132. The molecule has 0 fully saturated rings. The number of carbonyl (C=O) groups is 1. The second-order valence-electron chi connectivity index (χ2n) is 4.46. The first-order valence-electron chi connectivity index (χ1n) is 6.27. The molecule has 0 aliphatic heterocycles. The lowest BCUT2D eigenvalue weighted by Crippen LogP contribution is -1.95. The molecule has 0 unspecified atom stereocenters. The molecule has 0 bridgehead atoms. The minimum atomic E-state index is -0.818. The molecule has 0 saturated carbocycles. The van der Waals surface area contributed by atoms with E-state index >= 15 is 0 Å². The number of unbranched alkanes of at least 4 members (excludes halogenated alkanes) is 3. The number of carboxylic acids is 1. The molecule has 0 saturated heterocycles. The van der Waals surface area contributed by atoms with E-state index in [0.717, 1.165) is 37.0 Å². The van der Waals surface area contributed by atoms with Crippen LogP contribution in [0.4, 0.5) is 0 Å². The summed E-state index contributed by atoms with van der Waals surface area (Å²) >= 11 is 4.25. The number of carboxylic acid groups (broad SMARTS) is 1. The zero-order valence-corrected chi connectivity index (χ0v) is 11.6. The Morgan fingerprint density at radius 3 is 2.50 bits per heavy atom. The smallest absolute Gasteiger partial charge is 0.330 e. The summed E-state index contributed by atoms with van der Waals surface area (Å²) in [6.45, 7) is 1.64. The van der Waals surface area contributed by atoms with Crippen LogP contribution in [-0.4, -0.2) is 11.1 Å². The molecule has 0 radical (unpaired) electrons. The molecule has 1 N–H and O–H groups in total. The lowest BCUT2D eigenvalue weighted by atomic mass is 10.1. The summed E-state index contributed by atoms with van der Waals surface area (Å²) in [7, 11) is 0. The quantitative estimate of drug-likeness (QED) is 0.442. The third-order valence-corrected chi connectivity index (χ3v) is 3.19. The van der Waals surface area contributed by atoms with E-state index in [-0.39, 0.29) is 0 Å². The average Bonchev–Trinajstić information content (AvgIpc) is 2.35. The minimum Gasteiger partial charge on any atom is -0.478 e. The van der Waals surface area contributed by atoms with Gasteiger partial charge in [0.15, 0.2) is 0 Å². The number of allylic oxidation sites excluding steroid dienone is 1. The normalized spacial score (nSPS) is 11.6. The summed E-state index contributed by atoms with van der Waals surface area (Å²) in [4.78, 5) is 11.6. The number of hydrogen-bond donors (Lipinski definition) is 2. The Morgan fingerprint density at radius 1 is 1.22 bits per heavy atom. The van der Waals surface area contributed by atoms with E-state index in [2.05, 4.69) is 24.8 Å². The van der Waals surface area contributed by atoms with Gasteiger partial charge in [-0.2, -0.15) is 0 Å². The van der Waals surface area contributed by atoms with Gasteiger partial charge in [-0.25, -0.2) is 4.79 Å². The van der Waals surface area contributed by atoms with Crippen LogP contribution in [0.1, 0.15) is 38.2 Å². The van der Waals surface area contributed by atoms with Gasteiger partial charge in [0.2, 0.25) is 0 Å². The highest BCUT2D eigenvalue weighted by Gasteiger charge is 1.98. The third-order valence-electron chi connectivity index (χ3n) is 2.89. The summed E-state index contributed by atoms with van der Waals surface area (Å²) in [5.41, 5.74) is 1.78. The Kier molecular flexibility index (Phi) is 6.58. The number of hydrogen-bond acceptors (Lipinski definition) is 2. The Hall–Kier alpha value is -1.22. The predicted octanol–water partition coefficient (Wildman–Crippen LogP) is 4.11. The lowest BCUT2D eigenvalue weighted by Gasteiger charge is -2.01. The first-order valence-corrected chi connectivity index (χ1v) is 6.72. The van der Waals surface area contributed by atoms with Crippen LogP contribution in [0.25, 0.3) is 0 Å². The number of aliphatic carboxylic acids is 1. The summed E-state index contributed by atoms with van der Waals surface area (Å²) in [6.07, 6.45) is 7.06. The second kappa shape index (κ2) is 7.98. The molecular weight excluding hydrogens is 244 g/mol. The zero-order chi connectivity index (χ0) is 13.4. The highest BCUT2D eigenvalue weighted by atomic mass is 32.1. The van der Waals surface area contributed by atoms with Crippen molar-refractivity contribution in [3.63, 3.8) is 0 Å². The van der Waals surface area contributed by atoms with Gasteiger partial charge in [0.1, 0.15) is 0 Å². The van der Waals surface area contributed by atoms with Gasteiger partial charge >= 0.3 is 5.97 Å². The Bertz CT molecular complexity index is 407. The third kappa shape index (κ3) is 5.92. The van der Waals surface area contributed by atoms with Crippen LogP contribution in [0.15, 0.2) is 40.8 Å². The monoisotopic (exact) mass is 264 g/mol. The summed E-state index contributed by atoms with van der Waals surface area (Å²) < 4.78 is 0. The highest BCUT2D eigenvalue weighted by Crippen LogP contribution is 2.12. The number of benzene rings is 1. The fourth-order valence-electron chi connectivity index (χ4n) is 1.72. The van der Waals surface area contributed by atoms with Crippen molar-refractivity contribution in [1.29, 1.82) is 0 Å². The second-order valence-corrected chi connectivity index (χ2v) is 4.97. The molecule has 2 nitrogen and oxygen atoms in total. The van der Waals surface area contributed by atoms with Crippen molar-refractivity contribution in [2.75, 3.05) is 0 Å². The molecule has 0 atom stereocenters. The molecule has 0 heterocycles. The first-order chi connectivity index (χ1) is 8.59. The maximum Gasteiger partial charge on any atom is 0.330 e. The Balaban J connectivity index is 2.14. The molecule has 0 aromatic heterocycles. The Labute approximate surface area is 114 Å². The fraction of sp³-hybridized carbons (Fsp3) is 0.400. The maximum atomic E-state index is 10.6. The average molecular weight is 264 g/mol. The number of aryl methyl sites for hydroxylation is 1. The molecule has 0 spiro atoms. The van der Waals surface area contributed by atoms with Crippen molar-refractivity contribution >= 4 is 18.6 Å². The van der Waals surface area contributed by atoms with E-state index in [1.54, 1.807) is 13.0 Å². The first kappa shape index (κ1) is 14.8. The van der Waals surface area contributed by atoms with E-state index in [0.29, 0.717) is 5.57 Å². The minimum absolute atomic E-state index is 0.444. The molecule has 1 rings (SSSR count). The standard InChI is InChI=1S/C15H20O2S/c1-12(15(16)17)6-4-2-3-5-7-13-8-10-14(18)11-9-13/h6,8-11,18H,2-5,7H2,1H3,(H,16,17)/b12-6+. The number of rotatable bonds is 7. The largest absolute Gasteiger partial charge is 0.478 e. The van der Waals surface area contributed by atoms with Crippen molar-refractivity contribution < 1.29 is 9.90 Å². The van der Waals surface area contributed by atoms with Gasteiger partial charge < -0.3 is 5.11 Å². The van der Waals surface area contributed by atoms with Crippen LogP contribution in [0.5, 0.6) is 0 Å². The highest BCUT2D eigenvalue weighted by molar-refractivity contribution is 7.80. The van der Waals surface area contributed by atoms with E-state index in [1.807, 2.05) is 12.1 Å². The van der Waals surface area contributed by atoms with E-state index < -0.39 is 5.97 Å². The van der Waals surface area contributed by atoms with Crippen molar-refractivity contribution in [2.45, 2.75) is 43.9 Å².